The highest BCUT2D eigenvalue weighted by atomic mass is 35.5. The number of nitrogens with two attached hydrogens (primary N) is 1. The molecule has 0 fully saturated rings. The van der Waals surface area contributed by atoms with Crippen molar-refractivity contribution in [2.24, 2.45) is 7.05 Å². The molecule has 0 bridgehead atoms. The average Bonchev–Trinajstić information content (AvgIpc) is 2.67. The number of rotatable bonds is 3. The van der Waals surface area contributed by atoms with Gasteiger partial charge < -0.3 is 10.3 Å². The average molecular weight is 356 g/mol. The second kappa shape index (κ2) is 5.33. The second-order valence-electron chi connectivity index (χ2n) is 3.91. The van der Waals surface area contributed by atoms with Gasteiger partial charge in [0.25, 0.3) is 10.0 Å². The highest BCUT2D eigenvalue weighted by Gasteiger charge is 2.23. The molecule has 108 valence electrons. The first-order chi connectivity index (χ1) is 9.22. The van der Waals surface area contributed by atoms with Gasteiger partial charge in [0.15, 0.2) is 0 Å². The molecule has 1 aromatic heterocycles. The highest BCUT2D eigenvalue weighted by Crippen LogP contribution is 2.32. The number of imidazole rings is 1. The van der Waals surface area contributed by atoms with Crippen LogP contribution in [-0.2, 0) is 17.1 Å². The third-order valence-corrected chi connectivity index (χ3v) is 4.92. The molecule has 3 N–H and O–H groups in total. The van der Waals surface area contributed by atoms with Gasteiger partial charge >= 0.3 is 0 Å². The first-order valence-corrected chi connectivity index (χ1v) is 7.78. The highest BCUT2D eigenvalue weighted by molar-refractivity contribution is 7.92. The normalized spacial score (nSPS) is 11.6. The predicted octanol–water partition coefficient (Wildman–Crippen LogP) is 2.76. The van der Waals surface area contributed by atoms with Crippen LogP contribution >= 0.6 is 34.8 Å². The minimum atomic E-state index is -3.94. The van der Waals surface area contributed by atoms with Crippen molar-refractivity contribution in [1.29, 1.82) is 0 Å². The van der Waals surface area contributed by atoms with Gasteiger partial charge in [-0.3, -0.25) is 4.72 Å². The van der Waals surface area contributed by atoms with E-state index in [1.807, 2.05) is 0 Å². The molecule has 0 aliphatic carbocycles. The lowest BCUT2D eigenvalue weighted by atomic mass is 10.3. The third kappa shape index (κ3) is 2.80. The molecule has 0 aliphatic rings. The van der Waals surface area contributed by atoms with E-state index in [1.165, 1.54) is 23.0 Å². The van der Waals surface area contributed by atoms with E-state index in [4.69, 9.17) is 40.5 Å². The van der Waals surface area contributed by atoms with Crippen LogP contribution in [0.3, 0.4) is 0 Å². The number of sulfonamides is 1. The van der Waals surface area contributed by atoms with Crippen LogP contribution in [0.1, 0.15) is 0 Å². The topological polar surface area (TPSA) is 90.0 Å². The monoisotopic (exact) mass is 354 g/mol. The van der Waals surface area contributed by atoms with Crippen LogP contribution in [0.4, 0.5) is 11.4 Å². The minimum Gasteiger partial charge on any atom is -0.396 e. The standard InChI is InChI=1S/C10H9Cl3N4O2S/c1-17-4-15-10(9(17)13)20(18,19)16-5-2-6(11)8(14)7(12)3-5/h2-4,16H,14H2,1H3. The zero-order valence-corrected chi connectivity index (χ0v) is 13.1. The maximum absolute atomic E-state index is 12.2. The molecule has 1 heterocycles. The first kappa shape index (κ1) is 15.2. The van der Waals surface area contributed by atoms with Crippen LogP contribution < -0.4 is 10.5 Å². The van der Waals surface area contributed by atoms with Crippen LogP contribution in [0.2, 0.25) is 15.2 Å². The smallest absolute Gasteiger partial charge is 0.282 e. The number of nitrogens with zero attached hydrogens (tertiary/aromatic N) is 2. The summed E-state index contributed by atoms with van der Waals surface area (Å²) in [6.07, 6.45) is 1.29. The van der Waals surface area contributed by atoms with Gasteiger partial charge in [-0.05, 0) is 12.1 Å². The molecule has 2 aromatic rings. The van der Waals surface area contributed by atoms with Gasteiger partial charge in [0.2, 0.25) is 5.03 Å². The Hall–Kier alpha value is -1.15. The van der Waals surface area contributed by atoms with Gasteiger partial charge in [0.1, 0.15) is 5.15 Å². The molecule has 0 spiro atoms. The zero-order chi connectivity index (χ0) is 15.1. The fourth-order valence-corrected chi connectivity index (χ4v) is 3.38. The largest absolute Gasteiger partial charge is 0.396 e. The molecule has 0 unspecified atom stereocenters. The van der Waals surface area contributed by atoms with Gasteiger partial charge in [-0.25, -0.2) is 4.98 Å². The molecule has 0 amide bonds. The maximum atomic E-state index is 12.2. The molecule has 0 radical (unpaired) electrons. The number of aryl methyl sites for hydroxylation is 1. The van der Waals surface area contributed by atoms with Crippen LogP contribution in [0.15, 0.2) is 23.5 Å². The fraction of sp³-hybridized carbons (Fsp3) is 0.100. The maximum Gasteiger partial charge on any atom is 0.282 e. The van der Waals surface area contributed by atoms with E-state index >= 15 is 0 Å². The number of benzene rings is 1. The van der Waals surface area contributed by atoms with E-state index in [0.29, 0.717) is 0 Å². The Bertz CT molecular complexity index is 750. The quantitative estimate of drug-likeness (QED) is 0.828. The van der Waals surface area contributed by atoms with Crippen molar-refractivity contribution in [3.63, 3.8) is 0 Å². The van der Waals surface area contributed by atoms with Crippen LogP contribution in [0.25, 0.3) is 0 Å². The van der Waals surface area contributed by atoms with E-state index in [2.05, 4.69) is 9.71 Å². The Morgan fingerprint density at radius 3 is 2.25 bits per heavy atom. The molecule has 0 saturated carbocycles. The number of nitrogen functional groups attached to an aromatic ring is 1. The van der Waals surface area contributed by atoms with Crippen molar-refractivity contribution in [2.45, 2.75) is 5.03 Å². The molecular formula is C10H9Cl3N4O2S. The SMILES string of the molecule is Cn1cnc(S(=O)(=O)Nc2cc(Cl)c(N)c(Cl)c2)c1Cl. The summed E-state index contributed by atoms with van der Waals surface area (Å²) in [7, 11) is -2.37. The molecule has 20 heavy (non-hydrogen) atoms. The van der Waals surface area contributed by atoms with Gasteiger partial charge in [-0.1, -0.05) is 34.8 Å². The van der Waals surface area contributed by atoms with Crippen molar-refractivity contribution in [3.8, 4) is 0 Å². The summed E-state index contributed by atoms with van der Waals surface area (Å²) in [5, 5.41) is -0.0134. The lowest BCUT2D eigenvalue weighted by Gasteiger charge is -2.09. The van der Waals surface area contributed by atoms with E-state index in [1.54, 1.807) is 7.05 Å². The van der Waals surface area contributed by atoms with Crippen molar-refractivity contribution in [3.05, 3.63) is 33.7 Å². The molecule has 2 rings (SSSR count). The summed E-state index contributed by atoms with van der Waals surface area (Å²) in [4.78, 5) is 3.74. The van der Waals surface area contributed by atoms with Crippen molar-refractivity contribution >= 4 is 56.2 Å². The third-order valence-electron chi connectivity index (χ3n) is 2.42. The van der Waals surface area contributed by atoms with E-state index in [-0.39, 0.29) is 31.6 Å². The molecule has 1 aromatic carbocycles. The number of anilines is 2. The van der Waals surface area contributed by atoms with Crippen molar-refractivity contribution in [1.82, 2.24) is 9.55 Å². The number of aromatic nitrogens is 2. The number of hydrogen-bond acceptors (Lipinski definition) is 4. The zero-order valence-electron chi connectivity index (χ0n) is 10.1. The lowest BCUT2D eigenvalue weighted by Crippen LogP contribution is -2.14. The molecule has 10 heteroatoms. The summed E-state index contributed by atoms with van der Waals surface area (Å²) in [6, 6.07) is 2.69. The Morgan fingerprint density at radius 2 is 1.80 bits per heavy atom. The predicted molar refractivity (Wildman–Crippen MR) is 79.9 cm³/mol. The lowest BCUT2D eigenvalue weighted by molar-refractivity contribution is 0.598. The van der Waals surface area contributed by atoms with E-state index in [0.717, 1.165) is 0 Å². The van der Waals surface area contributed by atoms with Crippen molar-refractivity contribution < 1.29 is 8.42 Å². The molecule has 0 saturated heterocycles. The second-order valence-corrected chi connectivity index (χ2v) is 6.68. The molecule has 0 atom stereocenters. The van der Waals surface area contributed by atoms with Gasteiger partial charge in [-0.15, -0.1) is 0 Å². The Morgan fingerprint density at radius 1 is 1.25 bits per heavy atom. The van der Waals surface area contributed by atoms with Crippen molar-refractivity contribution in [2.75, 3.05) is 10.5 Å². The number of nitrogens with one attached hydrogen (secondary N) is 1. The summed E-state index contributed by atoms with van der Waals surface area (Å²) < 4.78 is 28.0. The number of halogens is 3. The number of hydrogen-bond donors (Lipinski definition) is 2. The Kier molecular flexibility index (Phi) is 4.06. The Balaban J connectivity index is 2.41. The van der Waals surface area contributed by atoms with Gasteiger partial charge in [-0.2, -0.15) is 8.42 Å². The minimum absolute atomic E-state index is 0.00913. The van der Waals surface area contributed by atoms with E-state index < -0.39 is 10.0 Å². The van der Waals surface area contributed by atoms with Gasteiger partial charge in [0.05, 0.1) is 27.7 Å². The Labute approximate surface area is 130 Å². The molecule has 6 nitrogen and oxygen atoms in total. The fourth-order valence-electron chi connectivity index (χ4n) is 1.42. The van der Waals surface area contributed by atoms with E-state index in [9.17, 15) is 8.42 Å². The summed E-state index contributed by atoms with van der Waals surface area (Å²) in [5.74, 6) is 0. The molecule has 0 aliphatic heterocycles. The summed E-state index contributed by atoms with van der Waals surface area (Å²) in [6.45, 7) is 0. The van der Waals surface area contributed by atoms with Crippen LogP contribution in [0, 0.1) is 0 Å². The van der Waals surface area contributed by atoms with Gasteiger partial charge in [0, 0.05) is 7.05 Å². The van der Waals surface area contributed by atoms with Crippen LogP contribution in [-0.4, -0.2) is 18.0 Å². The summed E-state index contributed by atoms with van der Waals surface area (Å²) in [5.41, 5.74) is 5.91. The first-order valence-electron chi connectivity index (χ1n) is 5.16. The molecular weight excluding hydrogens is 347 g/mol. The summed E-state index contributed by atoms with van der Waals surface area (Å²) >= 11 is 17.5. The van der Waals surface area contributed by atoms with Crippen LogP contribution in [0.5, 0.6) is 0 Å².